The monoisotopic (exact) mass is 243 g/mol. The number of thioether (sulfide) groups is 1. The van der Waals surface area contributed by atoms with Crippen LogP contribution in [0, 0.1) is 0 Å². The van der Waals surface area contributed by atoms with Gasteiger partial charge in [0, 0.05) is 13.0 Å². The van der Waals surface area contributed by atoms with Gasteiger partial charge in [-0.15, -0.1) is 0 Å². The topological polar surface area (TPSA) is 79.5 Å². The van der Waals surface area contributed by atoms with E-state index in [1.165, 1.54) is 11.8 Å². The largest absolute Gasteiger partial charge is 0.481 e. The second-order valence-corrected chi connectivity index (χ2v) is 3.89. The van der Waals surface area contributed by atoms with Gasteiger partial charge in [0.15, 0.2) is 10.9 Å². The van der Waals surface area contributed by atoms with Crippen LogP contribution in [0.5, 0.6) is 0 Å². The third-order valence-electron chi connectivity index (χ3n) is 1.86. The highest BCUT2D eigenvalue weighted by molar-refractivity contribution is 7.98. The first kappa shape index (κ1) is 12.6. The van der Waals surface area contributed by atoms with Crippen LogP contribution in [0.4, 0.5) is 0 Å². The molecule has 0 aliphatic heterocycles. The summed E-state index contributed by atoms with van der Waals surface area (Å²) in [7, 11) is 0. The Balaban J connectivity index is 2.32. The summed E-state index contributed by atoms with van der Waals surface area (Å²) < 4.78 is 5.21. The van der Waals surface area contributed by atoms with E-state index in [0.717, 1.165) is 0 Å². The number of carboxylic acid groups (broad SMARTS) is 1. The predicted octanol–water partition coefficient (Wildman–Crippen LogP) is 1.60. The molecule has 0 atom stereocenters. The maximum atomic E-state index is 11.5. The quantitative estimate of drug-likeness (QED) is 0.586. The molecule has 88 valence electrons. The third-order valence-corrected chi connectivity index (χ3v) is 2.48. The summed E-state index contributed by atoms with van der Waals surface area (Å²) in [4.78, 5) is 21.7. The fourth-order valence-corrected chi connectivity index (χ4v) is 1.46. The van der Waals surface area contributed by atoms with Gasteiger partial charge in [-0.2, -0.15) is 0 Å². The Kier molecular flexibility index (Phi) is 4.91. The molecular formula is C10H13NO4S. The Morgan fingerprint density at radius 2 is 2.25 bits per heavy atom. The predicted molar refractivity (Wildman–Crippen MR) is 59.7 cm³/mol. The first-order valence-electron chi connectivity index (χ1n) is 4.77. The fourth-order valence-electron chi connectivity index (χ4n) is 1.08. The van der Waals surface area contributed by atoms with Crippen LogP contribution >= 0.6 is 11.8 Å². The maximum absolute atomic E-state index is 11.5. The van der Waals surface area contributed by atoms with E-state index in [2.05, 4.69) is 5.32 Å². The second-order valence-electron chi connectivity index (χ2n) is 3.08. The van der Waals surface area contributed by atoms with E-state index in [9.17, 15) is 9.59 Å². The lowest BCUT2D eigenvalue weighted by atomic mass is 10.3. The zero-order valence-electron chi connectivity index (χ0n) is 8.86. The molecular weight excluding hydrogens is 230 g/mol. The van der Waals surface area contributed by atoms with E-state index in [-0.39, 0.29) is 18.1 Å². The first-order valence-corrected chi connectivity index (χ1v) is 6.00. The molecule has 0 radical (unpaired) electrons. The summed E-state index contributed by atoms with van der Waals surface area (Å²) in [6.07, 6.45) is 2.32. The lowest BCUT2D eigenvalue weighted by Crippen LogP contribution is -2.24. The van der Waals surface area contributed by atoms with Crippen LogP contribution in [-0.4, -0.2) is 29.8 Å². The number of carboxylic acids is 1. The van der Waals surface area contributed by atoms with Crippen LogP contribution in [0.15, 0.2) is 21.6 Å². The smallest absolute Gasteiger partial charge is 0.303 e. The Bertz CT molecular complexity index is 375. The van der Waals surface area contributed by atoms with Crippen LogP contribution in [0.3, 0.4) is 0 Å². The van der Waals surface area contributed by atoms with Crippen molar-refractivity contribution in [3.63, 3.8) is 0 Å². The van der Waals surface area contributed by atoms with Crippen molar-refractivity contribution < 1.29 is 19.1 Å². The number of amides is 1. The van der Waals surface area contributed by atoms with Gasteiger partial charge in [-0.25, -0.2) is 0 Å². The van der Waals surface area contributed by atoms with E-state index in [1.807, 2.05) is 6.26 Å². The summed E-state index contributed by atoms with van der Waals surface area (Å²) >= 11 is 1.41. The Morgan fingerprint density at radius 3 is 2.81 bits per heavy atom. The lowest BCUT2D eigenvalue weighted by Gasteiger charge is -2.00. The average Bonchev–Trinajstić information content (AvgIpc) is 2.72. The first-order chi connectivity index (χ1) is 7.63. The Hall–Kier alpha value is -1.43. The standard InChI is InChI=1S/C10H13NO4S/c1-16-9-5-4-7(15-9)10(14)11-6-2-3-8(12)13/h4-5H,2-3,6H2,1H3,(H,11,14)(H,12,13). The van der Waals surface area contributed by atoms with Gasteiger partial charge in [-0.05, 0) is 24.8 Å². The van der Waals surface area contributed by atoms with E-state index < -0.39 is 5.97 Å². The SMILES string of the molecule is CSc1ccc(C(=O)NCCCC(=O)O)o1. The summed E-state index contributed by atoms with van der Waals surface area (Å²) in [6.45, 7) is 0.334. The fraction of sp³-hybridized carbons (Fsp3) is 0.400. The van der Waals surface area contributed by atoms with Gasteiger partial charge in [0.1, 0.15) is 0 Å². The molecule has 0 aromatic carbocycles. The van der Waals surface area contributed by atoms with Gasteiger partial charge < -0.3 is 14.8 Å². The molecule has 1 aromatic heterocycles. The second kappa shape index (κ2) is 6.22. The van der Waals surface area contributed by atoms with Gasteiger partial charge in [-0.3, -0.25) is 9.59 Å². The molecule has 0 spiro atoms. The van der Waals surface area contributed by atoms with Crippen LogP contribution in [-0.2, 0) is 4.79 Å². The van der Waals surface area contributed by atoms with Gasteiger partial charge in [0.2, 0.25) is 0 Å². The van der Waals surface area contributed by atoms with Gasteiger partial charge >= 0.3 is 5.97 Å². The molecule has 2 N–H and O–H groups in total. The van der Waals surface area contributed by atoms with E-state index in [4.69, 9.17) is 9.52 Å². The van der Waals surface area contributed by atoms with Crippen molar-refractivity contribution in [2.75, 3.05) is 12.8 Å². The van der Waals surface area contributed by atoms with Crippen molar-refractivity contribution >= 4 is 23.6 Å². The number of carbonyl (C=O) groups excluding carboxylic acids is 1. The molecule has 0 aliphatic rings. The van der Waals surface area contributed by atoms with Crippen LogP contribution in [0.1, 0.15) is 23.4 Å². The normalized spacial score (nSPS) is 10.1. The molecule has 0 bridgehead atoms. The number of hydrogen-bond acceptors (Lipinski definition) is 4. The number of hydrogen-bond donors (Lipinski definition) is 2. The van der Waals surface area contributed by atoms with Crippen molar-refractivity contribution in [3.8, 4) is 0 Å². The van der Waals surface area contributed by atoms with Crippen molar-refractivity contribution in [3.05, 3.63) is 17.9 Å². The van der Waals surface area contributed by atoms with E-state index >= 15 is 0 Å². The van der Waals surface area contributed by atoms with Crippen molar-refractivity contribution in [2.45, 2.75) is 17.9 Å². The minimum atomic E-state index is -0.864. The summed E-state index contributed by atoms with van der Waals surface area (Å²) in [6, 6.07) is 3.31. The molecule has 0 fully saturated rings. The number of furan rings is 1. The molecule has 5 nitrogen and oxygen atoms in total. The minimum absolute atomic E-state index is 0.0501. The molecule has 0 aliphatic carbocycles. The molecule has 0 unspecified atom stereocenters. The molecule has 0 saturated carbocycles. The van der Waals surface area contributed by atoms with Gasteiger partial charge in [-0.1, -0.05) is 11.8 Å². The minimum Gasteiger partial charge on any atom is -0.481 e. The van der Waals surface area contributed by atoms with Crippen molar-refractivity contribution in [2.24, 2.45) is 0 Å². The van der Waals surface area contributed by atoms with Crippen molar-refractivity contribution in [1.82, 2.24) is 5.32 Å². The summed E-state index contributed by atoms with van der Waals surface area (Å²) in [5.41, 5.74) is 0. The zero-order valence-corrected chi connectivity index (χ0v) is 9.67. The molecule has 0 saturated heterocycles. The van der Waals surface area contributed by atoms with Crippen LogP contribution < -0.4 is 5.32 Å². The number of nitrogens with one attached hydrogen (secondary N) is 1. The Morgan fingerprint density at radius 1 is 1.50 bits per heavy atom. The zero-order chi connectivity index (χ0) is 12.0. The molecule has 1 amide bonds. The van der Waals surface area contributed by atoms with Crippen molar-refractivity contribution in [1.29, 1.82) is 0 Å². The van der Waals surface area contributed by atoms with Crippen LogP contribution in [0.25, 0.3) is 0 Å². The summed E-state index contributed by atoms with van der Waals surface area (Å²) in [5, 5.41) is 11.7. The van der Waals surface area contributed by atoms with Gasteiger partial charge in [0.05, 0.1) is 0 Å². The molecule has 1 heterocycles. The third kappa shape index (κ3) is 3.98. The molecule has 1 rings (SSSR count). The maximum Gasteiger partial charge on any atom is 0.303 e. The average molecular weight is 243 g/mol. The highest BCUT2D eigenvalue weighted by atomic mass is 32.2. The van der Waals surface area contributed by atoms with E-state index in [1.54, 1.807) is 12.1 Å². The lowest BCUT2D eigenvalue weighted by molar-refractivity contribution is -0.137. The van der Waals surface area contributed by atoms with E-state index in [0.29, 0.717) is 18.1 Å². The highest BCUT2D eigenvalue weighted by Gasteiger charge is 2.10. The van der Waals surface area contributed by atoms with Gasteiger partial charge in [0.25, 0.3) is 5.91 Å². The van der Waals surface area contributed by atoms with Crippen LogP contribution in [0.2, 0.25) is 0 Å². The number of aliphatic carboxylic acids is 1. The molecule has 6 heteroatoms. The molecule has 1 aromatic rings. The molecule has 16 heavy (non-hydrogen) atoms. The number of carbonyl (C=O) groups is 2. The summed E-state index contributed by atoms with van der Waals surface area (Å²) in [5.74, 6) is -0.928. The Labute approximate surface area is 97.2 Å². The highest BCUT2D eigenvalue weighted by Crippen LogP contribution is 2.17. The number of rotatable bonds is 6.